The highest BCUT2D eigenvalue weighted by Crippen LogP contribution is 2.15. The Kier molecular flexibility index (Phi) is 5.35. The molecule has 21 heavy (non-hydrogen) atoms. The highest BCUT2D eigenvalue weighted by Gasteiger charge is 2.30. The first-order valence-corrected chi connectivity index (χ1v) is 7.62. The molecule has 1 heterocycles. The van der Waals surface area contributed by atoms with Crippen molar-refractivity contribution in [1.29, 1.82) is 5.26 Å². The molecule has 0 aromatic heterocycles. The van der Waals surface area contributed by atoms with Crippen molar-refractivity contribution in [2.45, 2.75) is 26.3 Å². The molecule has 0 spiro atoms. The molecule has 0 aliphatic carbocycles. The molecule has 1 fully saturated rings. The molecular formula is C17H23N3O. The topological polar surface area (TPSA) is 47.3 Å². The van der Waals surface area contributed by atoms with Gasteiger partial charge in [0.15, 0.2) is 0 Å². The van der Waals surface area contributed by atoms with Crippen LogP contribution in [0.15, 0.2) is 30.3 Å². The summed E-state index contributed by atoms with van der Waals surface area (Å²) in [5.41, 5.74) is 1.04. The maximum atomic E-state index is 12.6. The minimum absolute atomic E-state index is 0.0241. The maximum absolute atomic E-state index is 12.6. The van der Waals surface area contributed by atoms with E-state index in [1.807, 2.05) is 35.2 Å². The maximum Gasteiger partial charge on any atom is 0.240 e. The van der Waals surface area contributed by atoms with Crippen molar-refractivity contribution in [3.63, 3.8) is 0 Å². The van der Waals surface area contributed by atoms with Crippen molar-refractivity contribution in [3.05, 3.63) is 35.9 Å². The van der Waals surface area contributed by atoms with Gasteiger partial charge in [0.1, 0.15) is 5.92 Å². The van der Waals surface area contributed by atoms with Crippen molar-refractivity contribution in [2.24, 2.45) is 5.92 Å². The summed E-state index contributed by atoms with van der Waals surface area (Å²) in [4.78, 5) is 16.8. The lowest BCUT2D eigenvalue weighted by Crippen LogP contribution is -2.54. The Morgan fingerprint density at radius 1 is 1.38 bits per heavy atom. The lowest BCUT2D eigenvalue weighted by molar-refractivity contribution is -0.136. The normalized spacial score (nSPS) is 20.8. The molecule has 4 heteroatoms. The number of carbonyl (C=O) groups is 1. The molecule has 2 atom stereocenters. The van der Waals surface area contributed by atoms with E-state index in [1.165, 1.54) is 0 Å². The van der Waals surface area contributed by atoms with Crippen LogP contribution in [0.3, 0.4) is 0 Å². The van der Waals surface area contributed by atoms with Gasteiger partial charge in [0.2, 0.25) is 5.91 Å². The lowest BCUT2D eigenvalue weighted by Gasteiger charge is -2.39. The zero-order valence-electron chi connectivity index (χ0n) is 12.8. The molecule has 1 aromatic carbocycles. The molecule has 1 amide bonds. The van der Waals surface area contributed by atoms with Gasteiger partial charge < -0.3 is 4.90 Å². The van der Waals surface area contributed by atoms with Crippen molar-refractivity contribution >= 4 is 5.91 Å². The second-order valence-corrected chi connectivity index (χ2v) is 5.63. The Labute approximate surface area is 127 Å². The van der Waals surface area contributed by atoms with Gasteiger partial charge in [-0.25, -0.2) is 0 Å². The molecule has 4 nitrogen and oxygen atoms in total. The van der Waals surface area contributed by atoms with E-state index in [0.29, 0.717) is 12.5 Å². The largest absolute Gasteiger partial charge is 0.339 e. The average molecular weight is 285 g/mol. The van der Waals surface area contributed by atoms with E-state index in [0.717, 1.165) is 31.7 Å². The Hall–Kier alpha value is -1.86. The number of hydrogen-bond donors (Lipinski definition) is 0. The molecule has 112 valence electrons. The fourth-order valence-electron chi connectivity index (χ4n) is 2.92. The number of hydrogen-bond acceptors (Lipinski definition) is 3. The van der Waals surface area contributed by atoms with Crippen LogP contribution in [0.1, 0.15) is 19.4 Å². The predicted octanol–water partition coefficient (Wildman–Crippen LogP) is 1.92. The second-order valence-electron chi connectivity index (χ2n) is 5.63. The van der Waals surface area contributed by atoms with E-state index in [2.05, 4.69) is 24.8 Å². The molecule has 1 aromatic rings. The quantitative estimate of drug-likeness (QED) is 0.849. The van der Waals surface area contributed by atoms with E-state index in [9.17, 15) is 10.1 Å². The third-order valence-electron chi connectivity index (χ3n) is 4.22. The van der Waals surface area contributed by atoms with Gasteiger partial charge in [-0.2, -0.15) is 5.26 Å². The number of rotatable bonds is 4. The van der Waals surface area contributed by atoms with Crippen molar-refractivity contribution in [1.82, 2.24) is 9.80 Å². The summed E-state index contributed by atoms with van der Waals surface area (Å²) in [5.74, 6) is -0.600. The Morgan fingerprint density at radius 3 is 2.67 bits per heavy atom. The number of likely N-dealkylation sites (N-methyl/N-ethyl adjacent to an activating group) is 1. The van der Waals surface area contributed by atoms with Crippen molar-refractivity contribution in [2.75, 3.05) is 26.2 Å². The minimum atomic E-state index is -0.576. The summed E-state index contributed by atoms with van der Waals surface area (Å²) in [6, 6.07) is 12.3. The van der Waals surface area contributed by atoms with Crippen LogP contribution in [0.25, 0.3) is 0 Å². The van der Waals surface area contributed by atoms with Crippen LogP contribution in [0.2, 0.25) is 0 Å². The SMILES string of the molecule is CCN1CCN(C(=O)C(C#N)Cc2ccccc2)CC1C. The van der Waals surface area contributed by atoms with Crippen LogP contribution in [0, 0.1) is 17.2 Å². The smallest absolute Gasteiger partial charge is 0.240 e. The van der Waals surface area contributed by atoms with Crippen molar-refractivity contribution in [3.8, 4) is 6.07 Å². The third kappa shape index (κ3) is 3.83. The number of piperazine rings is 1. The van der Waals surface area contributed by atoms with E-state index in [4.69, 9.17) is 0 Å². The first-order chi connectivity index (χ1) is 10.2. The van der Waals surface area contributed by atoms with Crippen molar-refractivity contribution < 1.29 is 4.79 Å². The van der Waals surface area contributed by atoms with Gasteiger partial charge in [-0.1, -0.05) is 37.3 Å². The zero-order chi connectivity index (χ0) is 15.2. The lowest BCUT2D eigenvalue weighted by atomic mass is 9.98. The first kappa shape index (κ1) is 15.5. The molecule has 1 aliphatic rings. The first-order valence-electron chi connectivity index (χ1n) is 7.62. The van der Waals surface area contributed by atoms with Gasteiger partial charge in [-0.3, -0.25) is 9.69 Å². The fraction of sp³-hybridized carbons (Fsp3) is 0.529. The average Bonchev–Trinajstić information content (AvgIpc) is 2.53. The monoisotopic (exact) mass is 285 g/mol. The summed E-state index contributed by atoms with van der Waals surface area (Å²) >= 11 is 0. The summed E-state index contributed by atoms with van der Waals surface area (Å²) in [6.45, 7) is 7.63. The molecular weight excluding hydrogens is 262 g/mol. The number of nitriles is 1. The highest BCUT2D eigenvalue weighted by molar-refractivity contribution is 5.81. The van der Waals surface area contributed by atoms with Gasteiger partial charge >= 0.3 is 0 Å². The Balaban J connectivity index is 1.99. The van der Waals surface area contributed by atoms with Gasteiger partial charge in [-0.15, -0.1) is 0 Å². The standard InChI is InChI=1S/C17H23N3O/c1-3-19-9-10-20(13-14(19)2)17(21)16(12-18)11-15-7-5-4-6-8-15/h4-8,14,16H,3,9-11,13H2,1-2H3. The summed E-state index contributed by atoms with van der Waals surface area (Å²) in [6.07, 6.45) is 0.499. The second kappa shape index (κ2) is 7.24. The van der Waals surface area contributed by atoms with E-state index in [1.54, 1.807) is 0 Å². The fourth-order valence-corrected chi connectivity index (χ4v) is 2.92. The van der Waals surface area contributed by atoms with Crippen LogP contribution in [-0.2, 0) is 11.2 Å². The zero-order valence-corrected chi connectivity index (χ0v) is 12.8. The number of nitrogens with zero attached hydrogens (tertiary/aromatic N) is 3. The minimum Gasteiger partial charge on any atom is -0.339 e. The van der Waals surface area contributed by atoms with E-state index >= 15 is 0 Å². The number of benzene rings is 1. The Bertz CT molecular complexity index is 509. The molecule has 2 unspecified atom stereocenters. The molecule has 0 radical (unpaired) electrons. The van der Waals surface area contributed by atoms with Crippen LogP contribution >= 0.6 is 0 Å². The van der Waals surface area contributed by atoms with Gasteiger partial charge in [-0.05, 0) is 25.5 Å². The predicted molar refractivity (Wildman–Crippen MR) is 82.5 cm³/mol. The van der Waals surface area contributed by atoms with Gasteiger partial charge in [0, 0.05) is 25.7 Å². The highest BCUT2D eigenvalue weighted by atomic mass is 16.2. The van der Waals surface area contributed by atoms with E-state index in [-0.39, 0.29) is 5.91 Å². The molecule has 0 saturated carbocycles. The molecule has 2 rings (SSSR count). The summed E-state index contributed by atoms with van der Waals surface area (Å²) in [7, 11) is 0. The number of amides is 1. The third-order valence-corrected chi connectivity index (χ3v) is 4.22. The number of carbonyl (C=O) groups excluding carboxylic acids is 1. The molecule has 1 saturated heterocycles. The van der Waals surface area contributed by atoms with Gasteiger partial charge in [0.05, 0.1) is 6.07 Å². The summed E-state index contributed by atoms with van der Waals surface area (Å²) < 4.78 is 0. The molecule has 0 bridgehead atoms. The van der Waals surface area contributed by atoms with E-state index < -0.39 is 5.92 Å². The van der Waals surface area contributed by atoms with Crippen LogP contribution in [-0.4, -0.2) is 47.9 Å². The van der Waals surface area contributed by atoms with Gasteiger partial charge in [0.25, 0.3) is 0 Å². The van der Waals surface area contributed by atoms with Crippen LogP contribution in [0.5, 0.6) is 0 Å². The molecule has 0 N–H and O–H groups in total. The van der Waals surface area contributed by atoms with Crippen LogP contribution < -0.4 is 0 Å². The van der Waals surface area contributed by atoms with Crippen LogP contribution in [0.4, 0.5) is 0 Å². The summed E-state index contributed by atoms with van der Waals surface area (Å²) in [5, 5.41) is 9.34. The Morgan fingerprint density at radius 2 is 2.10 bits per heavy atom. The molecule has 1 aliphatic heterocycles.